The zero-order chi connectivity index (χ0) is 20.1. The maximum Gasteiger partial charge on any atom is 0.242 e. The number of nitrogens with one attached hydrogen (secondary N) is 1. The standard InChI is InChI=1S/C18H18BrCl2N5O2/c1-3-27-16-7-11(9-22-18-23-24-25-26(18)2)13(19)8-17(16)28-10-12-14(20)5-4-6-15(12)21/h4-8H,3,9-10H2,1-2H3,(H,22,23,25). The Hall–Kier alpha value is -2.03. The van der Waals surface area contributed by atoms with E-state index in [1.807, 2.05) is 19.1 Å². The number of hydrogen-bond acceptors (Lipinski definition) is 6. The third-order valence-electron chi connectivity index (χ3n) is 3.90. The Balaban J connectivity index is 1.79. The van der Waals surface area contributed by atoms with Crippen molar-refractivity contribution in [1.29, 1.82) is 0 Å². The Labute approximate surface area is 181 Å². The molecule has 1 heterocycles. The molecule has 2 aromatic carbocycles. The van der Waals surface area contributed by atoms with Crippen LogP contribution in [0.3, 0.4) is 0 Å². The van der Waals surface area contributed by atoms with Crippen LogP contribution in [0.5, 0.6) is 11.5 Å². The van der Waals surface area contributed by atoms with Crippen molar-refractivity contribution < 1.29 is 9.47 Å². The first-order valence-corrected chi connectivity index (χ1v) is 10.0. The number of tetrazole rings is 1. The Morgan fingerprint density at radius 2 is 1.86 bits per heavy atom. The van der Waals surface area contributed by atoms with Crippen molar-refractivity contribution in [3.05, 3.63) is 56.0 Å². The number of halogens is 3. The molecule has 0 amide bonds. The SMILES string of the molecule is CCOc1cc(CNc2nnnn2C)c(Br)cc1OCc1c(Cl)cccc1Cl. The molecule has 0 atom stereocenters. The van der Waals surface area contributed by atoms with Gasteiger partial charge in [0.15, 0.2) is 11.5 Å². The maximum absolute atomic E-state index is 6.22. The fourth-order valence-electron chi connectivity index (χ4n) is 2.47. The third-order valence-corrected chi connectivity index (χ3v) is 5.35. The lowest BCUT2D eigenvalue weighted by Gasteiger charge is -2.16. The summed E-state index contributed by atoms with van der Waals surface area (Å²) in [6, 6.07) is 9.13. The van der Waals surface area contributed by atoms with Gasteiger partial charge in [0, 0.05) is 33.7 Å². The summed E-state index contributed by atoms with van der Waals surface area (Å²) in [5.41, 5.74) is 1.69. The zero-order valence-corrected chi connectivity index (χ0v) is 18.3. The van der Waals surface area contributed by atoms with Gasteiger partial charge in [-0.25, -0.2) is 4.68 Å². The van der Waals surface area contributed by atoms with E-state index in [1.165, 1.54) is 0 Å². The van der Waals surface area contributed by atoms with Crippen molar-refractivity contribution >= 4 is 45.1 Å². The molecule has 0 aliphatic heterocycles. The van der Waals surface area contributed by atoms with Gasteiger partial charge in [-0.1, -0.05) is 50.3 Å². The van der Waals surface area contributed by atoms with Gasteiger partial charge in [-0.05, 0) is 47.2 Å². The molecule has 7 nitrogen and oxygen atoms in total. The Morgan fingerprint density at radius 1 is 1.14 bits per heavy atom. The van der Waals surface area contributed by atoms with Gasteiger partial charge in [0.2, 0.25) is 5.95 Å². The molecular weight excluding hydrogens is 469 g/mol. The Morgan fingerprint density at radius 3 is 2.50 bits per heavy atom. The lowest BCUT2D eigenvalue weighted by atomic mass is 10.2. The van der Waals surface area contributed by atoms with Crippen LogP contribution in [-0.4, -0.2) is 26.8 Å². The third kappa shape index (κ3) is 4.87. The molecule has 3 rings (SSSR count). The molecule has 0 aliphatic carbocycles. The first-order valence-electron chi connectivity index (χ1n) is 8.46. The van der Waals surface area contributed by atoms with Gasteiger partial charge < -0.3 is 14.8 Å². The highest BCUT2D eigenvalue weighted by molar-refractivity contribution is 9.10. The number of anilines is 1. The molecule has 1 N–H and O–H groups in total. The Kier molecular flexibility index (Phi) is 6.98. The number of nitrogens with zero attached hydrogens (tertiary/aromatic N) is 4. The molecule has 1 aromatic heterocycles. The molecule has 28 heavy (non-hydrogen) atoms. The summed E-state index contributed by atoms with van der Waals surface area (Å²) in [6.07, 6.45) is 0. The zero-order valence-electron chi connectivity index (χ0n) is 15.2. The van der Waals surface area contributed by atoms with E-state index >= 15 is 0 Å². The molecule has 0 bridgehead atoms. The summed E-state index contributed by atoms with van der Waals surface area (Å²) in [6.45, 7) is 3.16. The molecule has 0 saturated heterocycles. The lowest BCUT2D eigenvalue weighted by molar-refractivity contribution is 0.269. The molecule has 0 fully saturated rings. The van der Waals surface area contributed by atoms with E-state index in [0.717, 1.165) is 15.6 Å². The summed E-state index contributed by atoms with van der Waals surface area (Å²) in [7, 11) is 1.76. The second-order valence-corrected chi connectivity index (χ2v) is 7.46. The molecule has 0 spiro atoms. The van der Waals surface area contributed by atoms with Crippen LogP contribution in [0.25, 0.3) is 0 Å². The van der Waals surface area contributed by atoms with E-state index in [9.17, 15) is 0 Å². The van der Waals surface area contributed by atoms with Crippen LogP contribution in [0.4, 0.5) is 5.95 Å². The van der Waals surface area contributed by atoms with Crippen LogP contribution < -0.4 is 14.8 Å². The average molecular weight is 487 g/mol. The normalized spacial score (nSPS) is 10.8. The molecule has 0 unspecified atom stereocenters. The van der Waals surface area contributed by atoms with Crippen LogP contribution in [-0.2, 0) is 20.2 Å². The highest BCUT2D eigenvalue weighted by Crippen LogP contribution is 2.35. The molecule has 148 valence electrons. The van der Waals surface area contributed by atoms with Crippen LogP contribution >= 0.6 is 39.1 Å². The van der Waals surface area contributed by atoms with E-state index in [2.05, 4.69) is 36.8 Å². The first-order chi connectivity index (χ1) is 13.5. The minimum atomic E-state index is 0.229. The van der Waals surface area contributed by atoms with Crippen molar-refractivity contribution in [3.8, 4) is 11.5 Å². The highest BCUT2D eigenvalue weighted by Gasteiger charge is 2.14. The summed E-state index contributed by atoms with van der Waals surface area (Å²) in [4.78, 5) is 0. The van der Waals surface area contributed by atoms with Crippen molar-refractivity contribution in [3.63, 3.8) is 0 Å². The smallest absolute Gasteiger partial charge is 0.242 e. The lowest BCUT2D eigenvalue weighted by Crippen LogP contribution is -2.07. The fraction of sp³-hybridized carbons (Fsp3) is 0.278. The van der Waals surface area contributed by atoms with E-state index in [0.29, 0.717) is 40.6 Å². The number of rotatable bonds is 8. The van der Waals surface area contributed by atoms with E-state index < -0.39 is 0 Å². The largest absolute Gasteiger partial charge is 0.490 e. The molecule has 0 radical (unpaired) electrons. The minimum Gasteiger partial charge on any atom is -0.490 e. The first kappa shape index (κ1) is 20.7. The number of benzene rings is 2. The number of ether oxygens (including phenoxy) is 2. The highest BCUT2D eigenvalue weighted by atomic mass is 79.9. The van der Waals surface area contributed by atoms with Gasteiger partial charge in [-0.15, -0.1) is 0 Å². The molecule has 0 saturated carbocycles. The number of aryl methyl sites for hydroxylation is 1. The topological polar surface area (TPSA) is 74.1 Å². The number of hydrogen-bond donors (Lipinski definition) is 1. The maximum atomic E-state index is 6.22. The van der Waals surface area contributed by atoms with Gasteiger partial charge in [0.1, 0.15) is 6.61 Å². The summed E-state index contributed by atoms with van der Waals surface area (Å²) >= 11 is 16.0. The van der Waals surface area contributed by atoms with Crippen molar-refractivity contribution in [1.82, 2.24) is 20.2 Å². The van der Waals surface area contributed by atoms with Gasteiger partial charge in [0.25, 0.3) is 0 Å². The van der Waals surface area contributed by atoms with Gasteiger partial charge in [0.05, 0.1) is 6.61 Å². The van der Waals surface area contributed by atoms with Gasteiger partial charge in [-0.2, -0.15) is 0 Å². The Bertz CT molecular complexity index is 947. The predicted octanol–water partition coefficient (Wildman–Crippen LogP) is 4.87. The molecule has 0 aliphatic rings. The van der Waals surface area contributed by atoms with E-state index in [1.54, 1.807) is 29.9 Å². The second kappa shape index (κ2) is 9.45. The van der Waals surface area contributed by atoms with Crippen LogP contribution in [0, 0.1) is 0 Å². The van der Waals surface area contributed by atoms with Gasteiger partial charge >= 0.3 is 0 Å². The van der Waals surface area contributed by atoms with Crippen molar-refractivity contribution in [2.45, 2.75) is 20.1 Å². The van der Waals surface area contributed by atoms with Crippen LogP contribution in [0.1, 0.15) is 18.1 Å². The predicted molar refractivity (Wildman–Crippen MR) is 112 cm³/mol. The van der Waals surface area contributed by atoms with Crippen molar-refractivity contribution in [2.75, 3.05) is 11.9 Å². The quantitative estimate of drug-likeness (QED) is 0.489. The number of aromatic nitrogens is 4. The monoisotopic (exact) mass is 485 g/mol. The van der Waals surface area contributed by atoms with Gasteiger partial charge in [-0.3, -0.25) is 0 Å². The summed E-state index contributed by atoms with van der Waals surface area (Å²) < 4.78 is 14.1. The van der Waals surface area contributed by atoms with Crippen molar-refractivity contribution in [2.24, 2.45) is 7.05 Å². The van der Waals surface area contributed by atoms with Crippen LogP contribution in [0.2, 0.25) is 10.0 Å². The molecule has 10 heteroatoms. The molecule has 3 aromatic rings. The van der Waals surface area contributed by atoms with E-state index in [4.69, 9.17) is 32.7 Å². The fourth-order valence-corrected chi connectivity index (χ4v) is 3.44. The summed E-state index contributed by atoms with van der Waals surface area (Å²) in [5, 5.41) is 15.6. The average Bonchev–Trinajstić information content (AvgIpc) is 3.07. The second-order valence-electron chi connectivity index (χ2n) is 5.79. The molecular formula is C18H18BrCl2N5O2. The summed E-state index contributed by atoms with van der Waals surface area (Å²) in [5.74, 6) is 1.79. The van der Waals surface area contributed by atoms with E-state index in [-0.39, 0.29) is 6.61 Å². The minimum absolute atomic E-state index is 0.229. The van der Waals surface area contributed by atoms with Crippen LogP contribution in [0.15, 0.2) is 34.8 Å².